The molecule has 0 aliphatic carbocycles. The highest BCUT2D eigenvalue weighted by Crippen LogP contribution is 2.25. The Balaban J connectivity index is 1.35. The predicted octanol–water partition coefficient (Wildman–Crippen LogP) is 2.77. The molecule has 0 bridgehead atoms. The molecule has 0 spiro atoms. The topological polar surface area (TPSA) is 50.8 Å². The second-order valence-corrected chi connectivity index (χ2v) is 7.34. The molecule has 1 N–H and O–H groups in total. The van der Waals surface area contributed by atoms with E-state index in [-0.39, 0.29) is 5.91 Å². The fourth-order valence-corrected chi connectivity index (χ4v) is 3.74. The monoisotopic (exact) mass is 366 g/mol. The van der Waals surface area contributed by atoms with Crippen molar-refractivity contribution in [3.05, 3.63) is 64.7 Å². The predicted molar refractivity (Wildman–Crippen MR) is 104 cm³/mol. The van der Waals surface area contributed by atoms with Gasteiger partial charge < -0.3 is 14.8 Å². The molecule has 2 aliphatic heterocycles. The number of ether oxygens (including phenoxy) is 2. The molecule has 5 nitrogen and oxygen atoms in total. The lowest BCUT2D eigenvalue weighted by atomic mass is 10.1. The molecule has 1 amide bonds. The van der Waals surface area contributed by atoms with Crippen LogP contribution in [-0.2, 0) is 24.2 Å². The van der Waals surface area contributed by atoms with E-state index in [2.05, 4.69) is 41.4 Å². The minimum absolute atomic E-state index is 0.0443. The molecule has 5 heteroatoms. The smallest absolute Gasteiger partial charge is 0.251 e. The molecule has 2 aromatic carbocycles. The van der Waals surface area contributed by atoms with Crippen molar-refractivity contribution < 1.29 is 14.3 Å². The van der Waals surface area contributed by atoms with Crippen LogP contribution in [0.25, 0.3) is 0 Å². The molecule has 1 saturated heterocycles. The van der Waals surface area contributed by atoms with Crippen LogP contribution < -0.4 is 10.1 Å². The summed E-state index contributed by atoms with van der Waals surface area (Å²) in [5, 5.41) is 3.03. The summed E-state index contributed by atoms with van der Waals surface area (Å²) in [5.74, 6) is 0.855. The van der Waals surface area contributed by atoms with Crippen molar-refractivity contribution in [1.82, 2.24) is 10.2 Å². The van der Waals surface area contributed by atoms with E-state index in [1.807, 2.05) is 18.2 Å². The van der Waals surface area contributed by atoms with Gasteiger partial charge >= 0.3 is 0 Å². The summed E-state index contributed by atoms with van der Waals surface area (Å²) in [6.45, 7) is 6.98. The van der Waals surface area contributed by atoms with Crippen molar-refractivity contribution in [3.63, 3.8) is 0 Å². The molecule has 142 valence electrons. The maximum absolute atomic E-state index is 12.5. The third kappa shape index (κ3) is 4.49. The number of rotatable bonds is 5. The zero-order valence-electron chi connectivity index (χ0n) is 15.7. The van der Waals surface area contributed by atoms with Crippen LogP contribution >= 0.6 is 0 Å². The number of carbonyl (C=O) groups is 1. The van der Waals surface area contributed by atoms with E-state index >= 15 is 0 Å². The van der Waals surface area contributed by atoms with Crippen LogP contribution in [-0.4, -0.2) is 43.2 Å². The fourth-order valence-electron chi connectivity index (χ4n) is 3.74. The standard InChI is InChI=1S/C22H26N2O3/c1-16-14-24(8-10-26-16)15-18-4-2-3-17(11-18)13-23-22(25)20-5-6-21-19(12-20)7-9-27-21/h2-6,11-12,16H,7-10,13-15H2,1H3,(H,23,25). The van der Waals surface area contributed by atoms with Crippen LogP contribution in [0.4, 0.5) is 0 Å². The van der Waals surface area contributed by atoms with Gasteiger partial charge in [-0.2, -0.15) is 0 Å². The van der Waals surface area contributed by atoms with Gasteiger partial charge in [-0.15, -0.1) is 0 Å². The number of hydrogen-bond donors (Lipinski definition) is 1. The van der Waals surface area contributed by atoms with Crippen LogP contribution in [0.5, 0.6) is 5.75 Å². The Bertz CT molecular complexity index is 821. The number of carbonyl (C=O) groups excluding carboxylic acids is 1. The second-order valence-electron chi connectivity index (χ2n) is 7.34. The van der Waals surface area contributed by atoms with Crippen LogP contribution in [0.2, 0.25) is 0 Å². The fraction of sp³-hybridized carbons (Fsp3) is 0.409. The van der Waals surface area contributed by atoms with Crippen molar-refractivity contribution in [3.8, 4) is 5.75 Å². The highest BCUT2D eigenvalue weighted by atomic mass is 16.5. The Kier molecular flexibility index (Phi) is 5.41. The molecule has 0 aromatic heterocycles. The summed E-state index contributed by atoms with van der Waals surface area (Å²) in [4.78, 5) is 14.9. The van der Waals surface area contributed by atoms with E-state index in [1.165, 1.54) is 5.56 Å². The molecular weight excluding hydrogens is 340 g/mol. The second kappa shape index (κ2) is 8.11. The quantitative estimate of drug-likeness (QED) is 0.884. The van der Waals surface area contributed by atoms with Gasteiger partial charge in [-0.1, -0.05) is 24.3 Å². The summed E-state index contributed by atoms with van der Waals surface area (Å²) >= 11 is 0. The minimum atomic E-state index is -0.0443. The summed E-state index contributed by atoms with van der Waals surface area (Å²) < 4.78 is 11.1. The summed E-state index contributed by atoms with van der Waals surface area (Å²) in [7, 11) is 0. The highest BCUT2D eigenvalue weighted by Gasteiger charge is 2.17. The first kappa shape index (κ1) is 18.0. The molecule has 0 radical (unpaired) electrons. The SMILES string of the molecule is CC1CN(Cc2cccc(CNC(=O)c3ccc4c(c3)CCO4)c2)CCO1. The molecule has 27 heavy (non-hydrogen) atoms. The Hall–Kier alpha value is -2.37. The number of morpholine rings is 1. The van der Waals surface area contributed by atoms with Crippen molar-refractivity contribution in [1.29, 1.82) is 0 Å². The Labute approximate surface area is 160 Å². The normalized spacial score (nSPS) is 19.4. The zero-order valence-corrected chi connectivity index (χ0v) is 15.7. The highest BCUT2D eigenvalue weighted by molar-refractivity contribution is 5.94. The van der Waals surface area contributed by atoms with Crippen molar-refractivity contribution >= 4 is 5.91 Å². The minimum Gasteiger partial charge on any atom is -0.493 e. The molecular formula is C22H26N2O3. The molecule has 2 aliphatic rings. The van der Waals surface area contributed by atoms with Gasteiger partial charge in [0.25, 0.3) is 5.91 Å². The number of nitrogens with zero attached hydrogens (tertiary/aromatic N) is 1. The Morgan fingerprint density at radius 2 is 2.07 bits per heavy atom. The molecule has 4 rings (SSSR count). The van der Waals surface area contributed by atoms with Gasteiger partial charge in [-0.3, -0.25) is 9.69 Å². The number of benzene rings is 2. The van der Waals surface area contributed by atoms with E-state index in [1.54, 1.807) is 0 Å². The van der Waals surface area contributed by atoms with E-state index in [9.17, 15) is 4.79 Å². The molecule has 1 atom stereocenters. The average Bonchev–Trinajstić information content (AvgIpc) is 3.14. The summed E-state index contributed by atoms with van der Waals surface area (Å²) in [6.07, 6.45) is 1.16. The van der Waals surface area contributed by atoms with Gasteiger partial charge in [-0.05, 0) is 41.8 Å². The third-order valence-corrected chi connectivity index (χ3v) is 5.13. The van der Waals surface area contributed by atoms with Gasteiger partial charge in [0, 0.05) is 38.2 Å². The lowest BCUT2D eigenvalue weighted by molar-refractivity contribution is -0.0212. The van der Waals surface area contributed by atoms with Crippen molar-refractivity contribution in [2.24, 2.45) is 0 Å². The summed E-state index contributed by atoms with van der Waals surface area (Å²) in [6, 6.07) is 14.1. The Morgan fingerprint density at radius 1 is 1.19 bits per heavy atom. The Morgan fingerprint density at radius 3 is 2.96 bits per heavy atom. The van der Waals surface area contributed by atoms with Crippen LogP contribution in [0.1, 0.15) is 34.0 Å². The van der Waals surface area contributed by atoms with Crippen LogP contribution in [0.15, 0.2) is 42.5 Å². The number of fused-ring (bicyclic) bond motifs is 1. The first-order valence-electron chi connectivity index (χ1n) is 9.63. The van der Waals surface area contributed by atoms with Crippen LogP contribution in [0.3, 0.4) is 0 Å². The lowest BCUT2D eigenvalue weighted by Gasteiger charge is -2.31. The van der Waals surface area contributed by atoms with Gasteiger partial charge in [0.1, 0.15) is 5.75 Å². The van der Waals surface area contributed by atoms with Crippen LogP contribution in [0, 0.1) is 0 Å². The van der Waals surface area contributed by atoms with E-state index in [0.29, 0.717) is 24.8 Å². The van der Waals surface area contributed by atoms with Gasteiger partial charge in [0.2, 0.25) is 0 Å². The average molecular weight is 366 g/mol. The first-order chi connectivity index (χ1) is 13.2. The molecule has 1 fully saturated rings. The van der Waals surface area contributed by atoms with Crippen molar-refractivity contribution in [2.75, 3.05) is 26.3 Å². The number of amides is 1. The van der Waals surface area contributed by atoms with E-state index in [4.69, 9.17) is 9.47 Å². The molecule has 2 aromatic rings. The van der Waals surface area contributed by atoms with E-state index in [0.717, 1.165) is 49.5 Å². The maximum atomic E-state index is 12.5. The molecule has 2 heterocycles. The van der Waals surface area contributed by atoms with E-state index < -0.39 is 0 Å². The third-order valence-electron chi connectivity index (χ3n) is 5.13. The first-order valence-corrected chi connectivity index (χ1v) is 9.63. The van der Waals surface area contributed by atoms with Gasteiger partial charge in [0.05, 0.1) is 19.3 Å². The number of hydrogen-bond acceptors (Lipinski definition) is 4. The molecule has 1 unspecified atom stereocenters. The largest absolute Gasteiger partial charge is 0.493 e. The lowest BCUT2D eigenvalue weighted by Crippen LogP contribution is -2.40. The van der Waals surface area contributed by atoms with Crippen molar-refractivity contribution in [2.45, 2.75) is 32.5 Å². The maximum Gasteiger partial charge on any atom is 0.251 e. The zero-order chi connectivity index (χ0) is 18.6. The molecule has 0 saturated carbocycles. The number of nitrogens with one attached hydrogen (secondary N) is 1. The van der Waals surface area contributed by atoms with Gasteiger partial charge in [0.15, 0.2) is 0 Å². The summed E-state index contributed by atoms with van der Waals surface area (Å²) in [5.41, 5.74) is 4.19. The van der Waals surface area contributed by atoms with Gasteiger partial charge in [-0.25, -0.2) is 0 Å².